The molecule has 0 amide bonds. The van der Waals surface area contributed by atoms with E-state index < -0.39 is 43.4 Å². The molecule has 58 valence electrons. The van der Waals surface area contributed by atoms with E-state index in [4.69, 9.17) is 18.8 Å². The van der Waals surface area contributed by atoms with Gasteiger partial charge < -0.3 is 10.2 Å². The molecule has 0 saturated heterocycles. The highest BCUT2D eigenvalue weighted by Crippen LogP contribution is 2.23. The van der Waals surface area contributed by atoms with Gasteiger partial charge in [0.05, 0.1) is 13.3 Å². The number of hydrogen-bond acceptors (Lipinski definition) is 2. The lowest BCUT2D eigenvalue weighted by Crippen LogP contribution is -2.23. The molecule has 0 spiro atoms. The van der Waals surface area contributed by atoms with Crippen LogP contribution in [0.3, 0.4) is 0 Å². The lowest BCUT2D eigenvalue weighted by Gasteiger charge is -2.21. The SMILES string of the molecule is [2H]C1([2H])C([2H])([2H])C([2H])(C(=O)O)C([2H])([2H])C([2H])([2H])C1([2H])O. The molecule has 1 aliphatic carbocycles. The van der Waals surface area contributed by atoms with Gasteiger partial charge in [0.2, 0.25) is 0 Å². The quantitative estimate of drug-likeness (QED) is 0.582. The Morgan fingerprint density at radius 2 is 2.00 bits per heavy atom. The molecule has 0 heterocycles. The third-order valence-electron chi connectivity index (χ3n) is 0.826. The van der Waals surface area contributed by atoms with Crippen LogP contribution in [0.15, 0.2) is 0 Å². The van der Waals surface area contributed by atoms with Crippen LogP contribution in [0.2, 0.25) is 0 Å². The van der Waals surface area contributed by atoms with Crippen molar-refractivity contribution in [3.8, 4) is 0 Å². The van der Waals surface area contributed by atoms with Gasteiger partial charge in [-0.05, 0) is 25.5 Å². The molecule has 0 radical (unpaired) electrons. The molecule has 3 heteroatoms. The van der Waals surface area contributed by atoms with E-state index in [2.05, 4.69) is 0 Å². The van der Waals surface area contributed by atoms with Gasteiger partial charge in [-0.15, -0.1) is 0 Å². The minimum absolute atomic E-state index is 2.43. The zero-order chi connectivity index (χ0) is 16.6. The van der Waals surface area contributed by atoms with Crippen LogP contribution >= 0.6 is 0 Å². The predicted octanol–water partition coefficient (Wildman–Crippen LogP) is 0.622. The van der Waals surface area contributed by atoms with Crippen molar-refractivity contribution in [2.75, 3.05) is 0 Å². The fraction of sp³-hybridized carbons (Fsp3) is 0.857. The van der Waals surface area contributed by atoms with E-state index in [0.29, 0.717) is 0 Å². The summed E-state index contributed by atoms with van der Waals surface area (Å²) in [6, 6.07) is 0. The Morgan fingerprint density at radius 1 is 1.50 bits per heavy atom. The number of carbonyl (C=O) groups is 1. The second kappa shape index (κ2) is 3.01. The number of rotatable bonds is 1. The van der Waals surface area contributed by atoms with Crippen LogP contribution in [0, 0.1) is 5.89 Å². The van der Waals surface area contributed by atoms with Gasteiger partial charge in [0, 0.05) is 12.3 Å². The zero-order valence-corrected chi connectivity index (χ0v) is 4.80. The van der Waals surface area contributed by atoms with Crippen molar-refractivity contribution in [1.82, 2.24) is 0 Å². The van der Waals surface area contributed by atoms with Gasteiger partial charge in [0.25, 0.3) is 0 Å². The first-order valence-corrected chi connectivity index (χ1v) is 2.40. The first kappa shape index (κ1) is 1.78. The molecule has 2 N–H and O–H groups in total. The number of carboxylic acid groups (broad SMARTS) is 1. The molecule has 0 aromatic rings. The lowest BCUT2D eigenvalue weighted by atomic mass is 9.88. The maximum absolute atomic E-state index is 11.2. The van der Waals surface area contributed by atoms with Crippen molar-refractivity contribution in [1.29, 1.82) is 0 Å². The summed E-state index contributed by atoms with van der Waals surface area (Å²) in [6.45, 7) is 0. The number of aliphatic hydroxyl groups is 1. The highest BCUT2D eigenvalue weighted by Gasteiger charge is 2.24. The fourth-order valence-corrected chi connectivity index (χ4v) is 0.413. The van der Waals surface area contributed by atoms with E-state index in [1.165, 1.54) is 0 Å². The van der Waals surface area contributed by atoms with Crippen molar-refractivity contribution < 1.29 is 28.7 Å². The summed E-state index contributed by atoms with van der Waals surface area (Å²) >= 11 is 0. The molecule has 1 fully saturated rings. The predicted molar refractivity (Wildman–Crippen MR) is 35.6 cm³/mol. The minimum atomic E-state index is -3.94. The summed E-state index contributed by atoms with van der Waals surface area (Å²) in [5, 5.41) is 18.6. The second-order valence-electron chi connectivity index (χ2n) is 1.53. The van der Waals surface area contributed by atoms with Crippen LogP contribution in [0.1, 0.15) is 39.2 Å². The largest absolute Gasteiger partial charge is 0.481 e. The summed E-state index contributed by atoms with van der Waals surface area (Å²) < 4.78 is 74.1. The van der Waals surface area contributed by atoms with Crippen LogP contribution < -0.4 is 0 Å². The van der Waals surface area contributed by atoms with Crippen molar-refractivity contribution in [3.63, 3.8) is 0 Å². The van der Waals surface area contributed by atoms with Crippen molar-refractivity contribution in [2.24, 2.45) is 5.89 Å². The highest BCUT2D eigenvalue weighted by molar-refractivity contribution is 5.69. The first-order chi connectivity index (χ1) is 8.44. The molecule has 3 nitrogen and oxygen atoms in total. The standard InChI is InChI=1S/C7H12O3/c8-6-3-1-5(2-4-6)7(9)10/h5-6,8H,1-4H2,(H,9,10)/i1D2,2D2,3D2,4D2,5D,6D. The molecule has 1 rings (SSSR count). The van der Waals surface area contributed by atoms with Crippen molar-refractivity contribution in [2.45, 2.75) is 31.6 Å². The molecular weight excluding hydrogens is 132 g/mol. The maximum atomic E-state index is 11.2. The molecule has 10 heavy (non-hydrogen) atoms. The smallest absolute Gasteiger partial charge is 0.306 e. The van der Waals surface area contributed by atoms with E-state index in [1.54, 1.807) is 0 Å². The average Bonchev–Trinajstić information content (AvgIpc) is 2.24. The average molecular weight is 154 g/mol. The van der Waals surface area contributed by atoms with Crippen molar-refractivity contribution in [3.05, 3.63) is 0 Å². The van der Waals surface area contributed by atoms with Gasteiger partial charge >= 0.3 is 5.97 Å². The minimum Gasteiger partial charge on any atom is -0.481 e. The number of hydrogen-bond donors (Lipinski definition) is 2. The van der Waals surface area contributed by atoms with E-state index in [1.807, 2.05) is 0 Å². The van der Waals surface area contributed by atoms with Crippen LogP contribution in [-0.2, 0) is 4.79 Å². The van der Waals surface area contributed by atoms with E-state index >= 15 is 0 Å². The van der Waals surface area contributed by atoms with Crippen LogP contribution in [0.5, 0.6) is 0 Å². The Kier molecular flexibility index (Phi) is 0.535. The molecule has 1 saturated carbocycles. The zero-order valence-electron chi connectivity index (χ0n) is 14.8. The van der Waals surface area contributed by atoms with Gasteiger partial charge in [-0.1, -0.05) is 0 Å². The van der Waals surface area contributed by atoms with Gasteiger partial charge in [0.1, 0.15) is 0 Å². The summed E-state index contributed by atoms with van der Waals surface area (Å²) in [7, 11) is 0. The van der Waals surface area contributed by atoms with Gasteiger partial charge in [-0.25, -0.2) is 0 Å². The summed E-state index contributed by atoms with van der Waals surface area (Å²) in [6.07, 6.45) is -19.4. The summed E-state index contributed by atoms with van der Waals surface area (Å²) in [4.78, 5) is 11.2. The van der Waals surface area contributed by atoms with Crippen LogP contribution in [-0.4, -0.2) is 22.3 Å². The molecular formula is C7H12O3. The molecule has 1 aliphatic rings. The van der Waals surface area contributed by atoms with Crippen molar-refractivity contribution >= 4 is 5.97 Å². The molecule has 0 aliphatic heterocycles. The maximum Gasteiger partial charge on any atom is 0.306 e. The Morgan fingerprint density at radius 3 is 2.40 bits per heavy atom. The topological polar surface area (TPSA) is 57.5 Å². The van der Waals surface area contributed by atoms with Gasteiger partial charge in [-0.3, -0.25) is 4.79 Å². The van der Waals surface area contributed by atoms with Crippen LogP contribution in [0.25, 0.3) is 0 Å². The monoisotopic (exact) mass is 154 g/mol. The summed E-state index contributed by atoms with van der Waals surface area (Å²) in [5.74, 6) is -6.34. The Labute approximate surface area is 73.7 Å². The Hall–Kier alpha value is -0.570. The first-order valence-electron chi connectivity index (χ1n) is 7.40. The Balaban J connectivity index is 3.88. The fourth-order valence-electron chi connectivity index (χ4n) is 0.413. The van der Waals surface area contributed by atoms with E-state index in [0.717, 1.165) is 0 Å². The van der Waals surface area contributed by atoms with Crippen LogP contribution in [0.4, 0.5) is 0 Å². The third-order valence-corrected chi connectivity index (χ3v) is 0.826. The second-order valence-corrected chi connectivity index (χ2v) is 1.53. The molecule has 0 atom stereocenters. The normalized spacial score (nSPS) is 83.3. The highest BCUT2D eigenvalue weighted by atomic mass is 16.4. The van der Waals surface area contributed by atoms with E-state index in [-0.39, 0.29) is 0 Å². The number of aliphatic carboxylic acids is 1. The number of carboxylic acids is 1. The van der Waals surface area contributed by atoms with Gasteiger partial charge in [0.15, 0.2) is 0 Å². The van der Waals surface area contributed by atoms with Gasteiger partial charge in [-0.2, -0.15) is 0 Å². The molecule has 0 bridgehead atoms. The Bertz CT molecular complexity index is 426. The summed E-state index contributed by atoms with van der Waals surface area (Å²) in [5.41, 5.74) is 0. The van der Waals surface area contributed by atoms with E-state index in [9.17, 15) is 9.90 Å². The molecule has 0 unspecified atom stereocenters. The third kappa shape index (κ3) is 1.70. The molecule has 0 aromatic carbocycles. The lowest BCUT2D eigenvalue weighted by molar-refractivity contribution is -0.143. The molecule has 0 aromatic heterocycles.